The van der Waals surface area contributed by atoms with Crippen LogP contribution < -0.4 is 5.32 Å². The summed E-state index contributed by atoms with van der Waals surface area (Å²) in [6.45, 7) is 13.3. The fraction of sp³-hybridized carbons (Fsp3) is 1.00. The van der Waals surface area contributed by atoms with Crippen molar-refractivity contribution < 1.29 is 0 Å². The molecule has 3 nitrogen and oxygen atoms in total. The van der Waals surface area contributed by atoms with Crippen LogP contribution >= 0.6 is 0 Å². The van der Waals surface area contributed by atoms with Crippen molar-refractivity contribution in [3.63, 3.8) is 0 Å². The number of nitrogens with zero attached hydrogens (tertiary/aromatic N) is 2. The van der Waals surface area contributed by atoms with Gasteiger partial charge in [-0.25, -0.2) is 0 Å². The van der Waals surface area contributed by atoms with E-state index in [0.717, 1.165) is 5.92 Å². The van der Waals surface area contributed by atoms with Crippen LogP contribution in [0.1, 0.15) is 39.5 Å². The molecule has 0 amide bonds. The normalized spacial score (nSPS) is 18.7. The van der Waals surface area contributed by atoms with Crippen LogP contribution in [0, 0.1) is 5.92 Å². The van der Waals surface area contributed by atoms with E-state index in [1.54, 1.807) is 0 Å². The van der Waals surface area contributed by atoms with E-state index < -0.39 is 0 Å². The molecule has 0 spiro atoms. The van der Waals surface area contributed by atoms with Gasteiger partial charge in [0, 0.05) is 26.2 Å². The van der Waals surface area contributed by atoms with Gasteiger partial charge in [-0.1, -0.05) is 26.7 Å². The average Bonchev–Trinajstić information content (AvgIpc) is 2.34. The molecular formula is C15H33N3. The van der Waals surface area contributed by atoms with Gasteiger partial charge in [0.15, 0.2) is 0 Å². The third kappa shape index (κ3) is 8.06. The second-order valence-corrected chi connectivity index (χ2v) is 6.16. The van der Waals surface area contributed by atoms with Crippen LogP contribution in [0.5, 0.6) is 0 Å². The van der Waals surface area contributed by atoms with Gasteiger partial charge in [0.25, 0.3) is 0 Å². The zero-order chi connectivity index (χ0) is 13.2. The van der Waals surface area contributed by atoms with Crippen LogP contribution in [0.15, 0.2) is 0 Å². The van der Waals surface area contributed by atoms with Gasteiger partial charge < -0.3 is 15.1 Å². The zero-order valence-electron chi connectivity index (χ0n) is 12.7. The molecule has 0 aromatic rings. The first-order chi connectivity index (χ1) is 8.68. The molecule has 1 fully saturated rings. The Kier molecular flexibility index (Phi) is 8.64. The van der Waals surface area contributed by atoms with Gasteiger partial charge in [-0.15, -0.1) is 0 Å². The SMILES string of the molecule is CC(C)CNCCCCCCN1CCN(C)CC1. The maximum Gasteiger partial charge on any atom is 0.0110 e. The Labute approximate surface area is 114 Å². The third-order valence-electron chi connectivity index (χ3n) is 3.73. The second-order valence-electron chi connectivity index (χ2n) is 6.16. The van der Waals surface area contributed by atoms with Crippen molar-refractivity contribution in [3.8, 4) is 0 Å². The Bertz CT molecular complexity index is 186. The Hall–Kier alpha value is -0.120. The van der Waals surface area contributed by atoms with Crippen molar-refractivity contribution >= 4 is 0 Å². The molecule has 0 radical (unpaired) electrons. The molecule has 1 heterocycles. The Morgan fingerprint density at radius 3 is 2.28 bits per heavy atom. The lowest BCUT2D eigenvalue weighted by molar-refractivity contribution is 0.152. The minimum absolute atomic E-state index is 0.780. The minimum Gasteiger partial charge on any atom is -0.316 e. The van der Waals surface area contributed by atoms with E-state index in [9.17, 15) is 0 Å². The van der Waals surface area contributed by atoms with Gasteiger partial charge in [0.2, 0.25) is 0 Å². The van der Waals surface area contributed by atoms with Gasteiger partial charge in [-0.2, -0.15) is 0 Å². The van der Waals surface area contributed by atoms with E-state index in [-0.39, 0.29) is 0 Å². The number of likely N-dealkylation sites (N-methyl/N-ethyl adjacent to an activating group) is 1. The highest BCUT2D eigenvalue weighted by molar-refractivity contribution is 4.68. The molecule has 108 valence electrons. The molecule has 0 unspecified atom stereocenters. The fourth-order valence-electron chi connectivity index (χ4n) is 2.40. The molecule has 0 atom stereocenters. The summed E-state index contributed by atoms with van der Waals surface area (Å²) < 4.78 is 0. The summed E-state index contributed by atoms with van der Waals surface area (Å²) in [5.74, 6) is 0.780. The molecular weight excluding hydrogens is 222 g/mol. The van der Waals surface area contributed by atoms with Crippen LogP contribution in [-0.4, -0.2) is 62.7 Å². The predicted molar refractivity (Wildman–Crippen MR) is 80.1 cm³/mol. The third-order valence-corrected chi connectivity index (χ3v) is 3.73. The van der Waals surface area contributed by atoms with Gasteiger partial charge in [0.1, 0.15) is 0 Å². The first-order valence-corrected chi connectivity index (χ1v) is 7.80. The van der Waals surface area contributed by atoms with E-state index >= 15 is 0 Å². The molecule has 0 bridgehead atoms. The number of piperazine rings is 1. The van der Waals surface area contributed by atoms with Crippen molar-refractivity contribution in [2.45, 2.75) is 39.5 Å². The molecule has 1 N–H and O–H groups in total. The van der Waals surface area contributed by atoms with Crippen molar-refractivity contribution in [1.82, 2.24) is 15.1 Å². The summed E-state index contributed by atoms with van der Waals surface area (Å²) in [6, 6.07) is 0. The van der Waals surface area contributed by atoms with Gasteiger partial charge in [-0.3, -0.25) is 0 Å². The van der Waals surface area contributed by atoms with Crippen LogP contribution in [-0.2, 0) is 0 Å². The maximum atomic E-state index is 3.51. The van der Waals surface area contributed by atoms with Gasteiger partial charge >= 0.3 is 0 Å². The van der Waals surface area contributed by atoms with Gasteiger partial charge in [-0.05, 0) is 45.4 Å². The highest BCUT2D eigenvalue weighted by atomic mass is 15.2. The standard InChI is InChI=1S/C15H33N3/c1-15(2)14-16-8-6-4-5-7-9-18-12-10-17(3)11-13-18/h15-16H,4-14H2,1-3H3. The Morgan fingerprint density at radius 2 is 1.61 bits per heavy atom. The van der Waals surface area contributed by atoms with E-state index in [1.165, 1.54) is 71.5 Å². The average molecular weight is 255 g/mol. The molecule has 0 aliphatic carbocycles. The first-order valence-electron chi connectivity index (χ1n) is 7.80. The second kappa shape index (κ2) is 9.76. The number of unbranched alkanes of at least 4 members (excludes halogenated alkanes) is 3. The molecule has 1 aliphatic heterocycles. The summed E-state index contributed by atoms with van der Waals surface area (Å²) in [5, 5.41) is 3.51. The summed E-state index contributed by atoms with van der Waals surface area (Å²) >= 11 is 0. The van der Waals surface area contributed by atoms with Crippen LogP contribution in [0.4, 0.5) is 0 Å². The number of hydrogen-bond acceptors (Lipinski definition) is 3. The molecule has 0 aromatic carbocycles. The van der Waals surface area contributed by atoms with Crippen LogP contribution in [0.25, 0.3) is 0 Å². The first kappa shape index (κ1) is 15.9. The molecule has 0 aromatic heterocycles. The van der Waals surface area contributed by atoms with Crippen molar-refractivity contribution in [1.29, 1.82) is 0 Å². The van der Waals surface area contributed by atoms with Crippen molar-refractivity contribution in [3.05, 3.63) is 0 Å². The number of nitrogens with one attached hydrogen (secondary N) is 1. The summed E-state index contributed by atoms with van der Waals surface area (Å²) in [6.07, 6.45) is 5.51. The highest BCUT2D eigenvalue weighted by Gasteiger charge is 2.12. The Morgan fingerprint density at radius 1 is 0.944 bits per heavy atom. The van der Waals surface area contributed by atoms with Crippen molar-refractivity contribution in [2.24, 2.45) is 5.92 Å². The molecule has 18 heavy (non-hydrogen) atoms. The number of hydrogen-bond donors (Lipinski definition) is 1. The highest BCUT2D eigenvalue weighted by Crippen LogP contribution is 2.04. The minimum atomic E-state index is 0.780. The van der Waals surface area contributed by atoms with E-state index in [0.29, 0.717) is 0 Å². The molecule has 3 heteroatoms. The van der Waals surface area contributed by atoms with Crippen LogP contribution in [0.2, 0.25) is 0 Å². The topological polar surface area (TPSA) is 18.5 Å². The Balaban J connectivity index is 1.81. The molecule has 1 aliphatic rings. The summed E-state index contributed by atoms with van der Waals surface area (Å²) in [7, 11) is 2.22. The zero-order valence-corrected chi connectivity index (χ0v) is 12.7. The quantitative estimate of drug-likeness (QED) is 0.636. The fourth-order valence-corrected chi connectivity index (χ4v) is 2.40. The lowest BCUT2D eigenvalue weighted by Crippen LogP contribution is -2.44. The largest absolute Gasteiger partial charge is 0.316 e. The lowest BCUT2D eigenvalue weighted by Gasteiger charge is -2.32. The smallest absolute Gasteiger partial charge is 0.0110 e. The molecule has 1 rings (SSSR count). The van der Waals surface area contributed by atoms with E-state index in [2.05, 4.69) is 36.0 Å². The molecule has 1 saturated heterocycles. The van der Waals surface area contributed by atoms with E-state index in [1.807, 2.05) is 0 Å². The number of rotatable bonds is 9. The monoisotopic (exact) mass is 255 g/mol. The molecule has 0 saturated carbocycles. The summed E-state index contributed by atoms with van der Waals surface area (Å²) in [4.78, 5) is 5.05. The lowest BCUT2D eigenvalue weighted by atomic mass is 10.1. The van der Waals surface area contributed by atoms with Crippen LogP contribution in [0.3, 0.4) is 0 Å². The van der Waals surface area contributed by atoms with E-state index in [4.69, 9.17) is 0 Å². The summed E-state index contributed by atoms with van der Waals surface area (Å²) in [5.41, 5.74) is 0. The van der Waals surface area contributed by atoms with Crippen molar-refractivity contribution in [2.75, 3.05) is 52.9 Å². The van der Waals surface area contributed by atoms with Gasteiger partial charge in [0.05, 0.1) is 0 Å². The predicted octanol–water partition coefficient (Wildman–Crippen LogP) is 2.04. The maximum absolute atomic E-state index is 3.51.